The van der Waals surface area contributed by atoms with Crippen LogP contribution in [0.3, 0.4) is 0 Å². The largest absolute Gasteiger partial charge is 0.488 e. The molecule has 0 atom stereocenters. The van der Waals surface area contributed by atoms with Gasteiger partial charge in [-0.15, -0.1) is 11.3 Å². The van der Waals surface area contributed by atoms with Crippen molar-refractivity contribution in [1.82, 2.24) is 14.8 Å². The van der Waals surface area contributed by atoms with Crippen LogP contribution in [-0.4, -0.2) is 28.0 Å². The van der Waals surface area contributed by atoms with Crippen LogP contribution in [0, 0.1) is 24.1 Å². The Hall–Kier alpha value is -3.94. The maximum Gasteiger partial charge on any atom is 0.167 e. The van der Waals surface area contributed by atoms with Gasteiger partial charge in [0.1, 0.15) is 35.7 Å². The van der Waals surface area contributed by atoms with E-state index in [-0.39, 0.29) is 5.92 Å². The fourth-order valence-corrected chi connectivity index (χ4v) is 4.82. The van der Waals surface area contributed by atoms with Crippen LogP contribution in [0.25, 0.3) is 5.69 Å². The fourth-order valence-electron chi connectivity index (χ4n) is 4.11. The molecule has 0 saturated carbocycles. The Kier molecular flexibility index (Phi) is 6.84. The van der Waals surface area contributed by atoms with Gasteiger partial charge in [0.2, 0.25) is 0 Å². The topological polar surface area (TPSA) is 108 Å². The highest BCUT2D eigenvalue weighted by molar-refractivity contribution is 7.11. The lowest BCUT2D eigenvalue weighted by Crippen LogP contribution is -2.15. The van der Waals surface area contributed by atoms with Crippen molar-refractivity contribution in [2.24, 2.45) is 0 Å². The first-order chi connectivity index (χ1) is 17.5. The molecule has 0 radical (unpaired) electrons. The van der Waals surface area contributed by atoms with Crippen molar-refractivity contribution >= 4 is 17.0 Å². The number of thiazole rings is 1. The van der Waals surface area contributed by atoms with Gasteiger partial charge >= 0.3 is 0 Å². The first-order valence-electron chi connectivity index (χ1n) is 11.5. The SMILES string of the molecule is Cc1ncc(COc2cc(F)cc(Oc3ccc(-n4nc(C5CCOCC5)c(N)c4C#N)cc3)c2)s1. The van der Waals surface area contributed by atoms with Crippen LogP contribution in [0.4, 0.5) is 10.1 Å². The van der Waals surface area contributed by atoms with E-state index < -0.39 is 5.82 Å². The van der Waals surface area contributed by atoms with Gasteiger partial charge in [0.25, 0.3) is 0 Å². The molecular weight excluding hydrogens is 481 g/mol. The number of anilines is 1. The second-order valence-corrected chi connectivity index (χ2v) is 9.73. The van der Waals surface area contributed by atoms with E-state index in [1.165, 1.54) is 23.5 Å². The van der Waals surface area contributed by atoms with Crippen molar-refractivity contribution in [3.63, 3.8) is 0 Å². The molecule has 2 aromatic heterocycles. The predicted octanol–water partition coefficient (Wildman–Crippen LogP) is 5.50. The molecule has 0 bridgehead atoms. The van der Waals surface area contributed by atoms with Gasteiger partial charge < -0.3 is 19.9 Å². The van der Waals surface area contributed by atoms with Gasteiger partial charge in [-0.3, -0.25) is 0 Å². The quantitative estimate of drug-likeness (QED) is 0.353. The summed E-state index contributed by atoms with van der Waals surface area (Å²) in [6.07, 6.45) is 3.39. The minimum absolute atomic E-state index is 0.166. The average Bonchev–Trinajstić information content (AvgIpc) is 3.45. The van der Waals surface area contributed by atoms with Crippen LogP contribution in [0.1, 0.15) is 40.0 Å². The monoisotopic (exact) mass is 505 g/mol. The summed E-state index contributed by atoms with van der Waals surface area (Å²) in [4.78, 5) is 5.14. The van der Waals surface area contributed by atoms with Gasteiger partial charge in [-0.25, -0.2) is 14.1 Å². The molecular formula is C26H24FN5O3S. The van der Waals surface area contributed by atoms with Crippen LogP contribution in [0.5, 0.6) is 17.2 Å². The molecule has 0 unspecified atom stereocenters. The Morgan fingerprint density at radius 1 is 1.17 bits per heavy atom. The van der Waals surface area contributed by atoms with Gasteiger partial charge in [0, 0.05) is 43.5 Å². The number of nitriles is 1. The molecule has 4 aromatic rings. The lowest BCUT2D eigenvalue weighted by molar-refractivity contribution is 0.0845. The molecule has 2 aromatic carbocycles. The van der Waals surface area contributed by atoms with E-state index in [9.17, 15) is 9.65 Å². The Morgan fingerprint density at radius 3 is 2.61 bits per heavy atom. The zero-order chi connectivity index (χ0) is 25.1. The highest BCUT2D eigenvalue weighted by Gasteiger charge is 2.25. The normalized spacial score (nSPS) is 13.9. The predicted molar refractivity (Wildman–Crippen MR) is 133 cm³/mol. The molecule has 36 heavy (non-hydrogen) atoms. The van der Waals surface area contributed by atoms with E-state index in [2.05, 4.69) is 16.2 Å². The second kappa shape index (κ2) is 10.4. The molecule has 3 heterocycles. The third-order valence-corrected chi connectivity index (χ3v) is 6.76. The van der Waals surface area contributed by atoms with E-state index in [0.717, 1.165) is 28.4 Å². The zero-order valence-electron chi connectivity index (χ0n) is 19.6. The molecule has 1 aliphatic heterocycles. The van der Waals surface area contributed by atoms with E-state index in [1.807, 2.05) is 6.92 Å². The van der Waals surface area contributed by atoms with Crippen LogP contribution in [-0.2, 0) is 11.3 Å². The number of aryl methyl sites for hydroxylation is 1. The summed E-state index contributed by atoms with van der Waals surface area (Å²) in [5.41, 5.74) is 8.40. The van der Waals surface area contributed by atoms with Crippen molar-refractivity contribution in [3.05, 3.63) is 75.8 Å². The average molecular weight is 506 g/mol. The highest BCUT2D eigenvalue weighted by atomic mass is 32.1. The van der Waals surface area contributed by atoms with Crippen molar-refractivity contribution in [1.29, 1.82) is 5.26 Å². The Morgan fingerprint density at radius 2 is 1.92 bits per heavy atom. The standard InChI is InChI=1S/C26H24FN5O3S/c1-16-30-14-23(36-16)15-34-21-10-18(27)11-22(12-21)35-20-4-2-19(3-5-20)32-24(13-28)25(29)26(31-32)17-6-8-33-9-7-17/h2-5,10-12,14,17H,6-9,15,29H2,1H3. The van der Waals surface area contributed by atoms with Crippen molar-refractivity contribution in [3.8, 4) is 29.0 Å². The summed E-state index contributed by atoms with van der Waals surface area (Å²) in [7, 11) is 0. The maximum absolute atomic E-state index is 14.2. The van der Waals surface area contributed by atoms with E-state index in [0.29, 0.717) is 54.1 Å². The summed E-state index contributed by atoms with van der Waals surface area (Å²) >= 11 is 1.53. The van der Waals surface area contributed by atoms with Gasteiger partial charge in [-0.05, 0) is 44.0 Å². The molecule has 10 heteroatoms. The Bertz CT molecular complexity index is 1400. The fraction of sp³-hybridized carbons (Fsp3) is 0.269. The van der Waals surface area contributed by atoms with E-state index in [4.69, 9.17) is 19.9 Å². The summed E-state index contributed by atoms with van der Waals surface area (Å²) in [6, 6.07) is 13.4. The molecule has 1 fully saturated rings. The van der Waals surface area contributed by atoms with Crippen LogP contribution >= 0.6 is 11.3 Å². The van der Waals surface area contributed by atoms with E-state index >= 15 is 0 Å². The molecule has 0 spiro atoms. The molecule has 5 rings (SSSR count). The summed E-state index contributed by atoms with van der Waals surface area (Å²) in [6.45, 7) is 3.53. The number of hydrogen-bond acceptors (Lipinski definition) is 8. The van der Waals surface area contributed by atoms with Crippen molar-refractivity contribution in [2.45, 2.75) is 32.3 Å². The first-order valence-corrected chi connectivity index (χ1v) is 12.3. The van der Waals surface area contributed by atoms with Crippen molar-refractivity contribution < 1.29 is 18.6 Å². The number of rotatable bonds is 7. The van der Waals surface area contributed by atoms with Crippen LogP contribution in [0.2, 0.25) is 0 Å². The maximum atomic E-state index is 14.2. The highest BCUT2D eigenvalue weighted by Crippen LogP contribution is 2.33. The number of benzene rings is 2. The molecule has 1 aliphatic rings. The molecule has 0 amide bonds. The summed E-state index contributed by atoms with van der Waals surface area (Å²) < 4.78 is 32.8. The molecule has 0 aliphatic carbocycles. The number of nitrogen functional groups attached to an aromatic ring is 1. The first kappa shape index (κ1) is 23.8. The lowest BCUT2D eigenvalue weighted by Gasteiger charge is -2.20. The minimum Gasteiger partial charge on any atom is -0.488 e. The number of nitrogens with zero attached hydrogens (tertiary/aromatic N) is 4. The van der Waals surface area contributed by atoms with Gasteiger partial charge in [-0.1, -0.05) is 0 Å². The third-order valence-electron chi connectivity index (χ3n) is 5.88. The number of nitrogens with two attached hydrogens (primary N) is 1. The van der Waals surface area contributed by atoms with Gasteiger partial charge in [0.05, 0.1) is 27.0 Å². The number of hydrogen-bond donors (Lipinski definition) is 1. The second-order valence-electron chi connectivity index (χ2n) is 8.41. The van der Waals surface area contributed by atoms with Gasteiger partial charge in [0.15, 0.2) is 5.69 Å². The smallest absolute Gasteiger partial charge is 0.167 e. The lowest BCUT2D eigenvalue weighted by atomic mass is 9.95. The number of ether oxygens (including phenoxy) is 3. The number of aromatic nitrogens is 3. The molecule has 1 saturated heterocycles. The van der Waals surface area contributed by atoms with Crippen molar-refractivity contribution in [2.75, 3.05) is 18.9 Å². The molecule has 8 nitrogen and oxygen atoms in total. The van der Waals surface area contributed by atoms with E-state index in [1.54, 1.807) is 41.2 Å². The molecule has 184 valence electrons. The third kappa shape index (κ3) is 5.17. The Balaban J connectivity index is 1.32. The zero-order valence-corrected chi connectivity index (χ0v) is 20.4. The minimum atomic E-state index is -0.467. The number of halogens is 1. The van der Waals surface area contributed by atoms with Crippen LogP contribution in [0.15, 0.2) is 48.7 Å². The summed E-state index contributed by atoms with van der Waals surface area (Å²) in [5.74, 6) is 0.863. The van der Waals surface area contributed by atoms with Gasteiger partial charge in [-0.2, -0.15) is 10.4 Å². The Labute approximate surface area is 211 Å². The molecule has 2 N–H and O–H groups in total. The summed E-state index contributed by atoms with van der Waals surface area (Å²) in [5, 5.41) is 15.3. The van der Waals surface area contributed by atoms with Crippen LogP contribution < -0.4 is 15.2 Å².